The van der Waals surface area contributed by atoms with Gasteiger partial charge in [-0.1, -0.05) is 42.5 Å². The van der Waals surface area contributed by atoms with Crippen molar-refractivity contribution in [2.75, 3.05) is 10.2 Å². The molecule has 1 N–H and O–H groups in total. The van der Waals surface area contributed by atoms with Crippen molar-refractivity contribution >= 4 is 17.4 Å². The SMILES string of the molecule is Cc1ccccc1CNc1cnc(C(=O)N2c3ccccc3CC2C)cn1. The van der Waals surface area contributed by atoms with Gasteiger partial charge >= 0.3 is 0 Å². The second-order valence-corrected chi connectivity index (χ2v) is 6.92. The largest absolute Gasteiger partial charge is 0.365 e. The number of nitrogens with one attached hydrogen (secondary N) is 1. The zero-order valence-electron chi connectivity index (χ0n) is 15.5. The molecule has 1 amide bonds. The number of fused-ring (bicyclic) bond motifs is 1. The Kier molecular flexibility index (Phi) is 4.59. The van der Waals surface area contributed by atoms with Gasteiger partial charge in [0, 0.05) is 18.3 Å². The van der Waals surface area contributed by atoms with Crippen LogP contribution in [0.25, 0.3) is 0 Å². The molecule has 2 heterocycles. The molecular formula is C22H22N4O. The van der Waals surface area contributed by atoms with Gasteiger partial charge in [0.1, 0.15) is 11.5 Å². The minimum absolute atomic E-state index is 0.106. The lowest BCUT2D eigenvalue weighted by atomic mass is 10.1. The van der Waals surface area contributed by atoms with Crippen LogP contribution in [0.1, 0.15) is 34.1 Å². The average Bonchev–Trinajstić information content (AvgIpc) is 3.03. The predicted octanol–water partition coefficient (Wildman–Crippen LogP) is 3.99. The summed E-state index contributed by atoms with van der Waals surface area (Å²) in [6.07, 6.45) is 4.04. The molecular weight excluding hydrogens is 336 g/mol. The minimum atomic E-state index is -0.106. The zero-order chi connectivity index (χ0) is 18.8. The van der Waals surface area contributed by atoms with E-state index in [-0.39, 0.29) is 11.9 Å². The highest BCUT2D eigenvalue weighted by molar-refractivity contribution is 6.06. The second-order valence-electron chi connectivity index (χ2n) is 6.92. The smallest absolute Gasteiger partial charge is 0.278 e. The van der Waals surface area contributed by atoms with Crippen LogP contribution in [-0.4, -0.2) is 21.9 Å². The molecule has 27 heavy (non-hydrogen) atoms. The number of hydrogen-bond donors (Lipinski definition) is 1. The Morgan fingerprint density at radius 3 is 2.67 bits per heavy atom. The molecule has 0 fully saturated rings. The molecule has 0 saturated carbocycles. The predicted molar refractivity (Wildman–Crippen MR) is 107 cm³/mol. The molecule has 0 saturated heterocycles. The third-order valence-electron chi connectivity index (χ3n) is 5.02. The van der Waals surface area contributed by atoms with Gasteiger partial charge in [-0.05, 0) is 43.0 Å². The Hall–Kier alpha value is -3.21. The normalized spacial score (nSPS) is 15.5. The first kappa shape index (κ1) is 17.2. The van der Waals surface area contributed by atoms with Crippen molar-refractivity contribution < 1.29 is 4.79 Å². The number of rotatable bonds is 4. The van der Waals surface area contributed by atoms with E-state index < -0.39 is 0 Å². The number of hydrogen-bond acceptors (Lipinski definition) is 4. The van der Waals surface area contributed by atoms with Gasteiger partial charge in [0.2, 0.25) is 0 Å². The molecule has 136 valence electrons. The van der Waals surface area contributed by atoms with Crippen LogP contribution >= 0.6 is 0 Å². The molecule has 1 atom stereocenters. The Morgan fingerprint density at radius 2 is 1.89 bits per heavy atom. The average molecular weight is 358 g/mol. The summed E-state index contributed by atoms with van der Waals surface area (Å²) in [5.74, 6) is 0.551. The third kappa shape index (κ3) is 3.40. The van der Waals surface area contributed by atoms with E-state index in [1.807, 2.05) is 35.2 Å². The van der Waals surface area contributed by atoms with E-state index in [4.69, 9.17) is 0 Å². The van der Waals surface area contributed by atoms with Crippen LogP contribution in [0.3, 0.4) is 0 Å². The number of nitrogens with zero attached hydrogens (tertiary/aromatic N) is 3. The Bertz CT molecular complexity index is 968. The van der Waals surface area contributed by atoms with Crippen molar-refractivity contribution in [1.29, 1.82) is 0 Å². The lowest BCUT2D eigenvalue weighted by Crippen LogP contribution is -2.36. The van der Waals surface area contributed by atoms with Crippen LogP contribution in [0.2, 0.25) is 0 Å². The summed E-state index contributed by atoms with van der Waals surface area (Å²) in [6.45, 7) is 4.81. The van der Waals surface area contributed by atoms with E-state index in [0.29, 0.717) is 18.1 Å². The highest BCUT2D eigenvalue weighted by atomic mass is 16.2. The number of benzene rings is 2. The quantitative estimate of drug-likeness (QED) is 0.766. The lowest BCUT2D eigenvalue weighted by Gasteiger charge is -2.22. The van der Waals surface area contributed by atoms with Gasteiger partial charge in [0.15, 0.2) is 0 Å². The molecule has 5 nitrogen and oxygen atoms in total. The van der Waals surface area contributed by atoms with E-state index in [2.05, 4.69) is 47.3 Å². The Labute approximate surface area is 159 Å². The number of para-hydroxylation sites is 1. The van der Waals surface area contributed by atoms with Gasteiger partial charge in [-0.25, -0.2) is 9.97 Å². The summed E-state index contributed by atoms with van der Waals surface area (Å²) in [7, 11) is 0. The van der Waals surface area contributed by atoms with E-state index in [9.17, 15) is 4.79 Å². The molecule has 1 aromatic heterocycles. The maximum absolute atomic E-state index is 13.0. The summed E-state index contributed by atoms with van der Waals surface area (Å²) in [4.78, 5) is 23.5. The summed E-state index contributed by atoms with van der Waals surface area (Å²) in [5, 5.41) is 3.26. The molecule has 3 aromatic rings. The van der Waals surface area contributed by atoms with Crippen LogP contribution in [0.15, 0.2) is 60.9 Å². The number of aryl methyl sites for hydroxylation is 1. The molecule has 4 rings (SSSR count). The summed E-state index contributed by atoms with van der Waals surface area (Å²) >= 11 is 0. The molecule has 0 spiro atoms. The van der Waals surface area contributed by atoms with Crippen LogP contribution in [0.4, 0.5) is 11.5 Å². The maximum atomic E-state index is 13.0. The molecule has 0 aliphatic carbocycles. The summed E-state index contributed by atoms with van der Waals surface area (Å²) < 4.78 is 0. The highest BCUT2D eigenvalue weighted by Gasteiger charge is 2.31. The molecule has 1 unspecified atom stereocenters. The fraction of sp³-hybridized carbons (Fsp3) is 0.227. The van der Waals surface area contributed by atoms with Crippen molar-refractivity contribution in [3.63, 3.8) is 0 Å². The van der Waals surface area contributed by atoms with Gasteiger partial charge in [-0.15, -0.1) is 0 Å². The van der Waals surface area contributed by atoms with Gasteiger partial charge < -0.3 is 10.2 Å². The van der Waals surface area contributed by atoms with Crippen molar-refractivity contribution in [1.82, 2.24) is 9.97 Å². The first-order valence-electron chi connectivity index (χ1n) is 9.15. The fourth-order valence-electron chi connectivity index (χ4n) is 3.52. The van der Waals surface area contributed by atoms with Crippen LogP contribution < -0.4 is 10.2 Å². The molecule has 5 heteroatoms. The van der Waals surface area contributed by atoms with Crippen molar-refractivity contribution in [3.05, 3.63) is 83.3 Å². The zero-order valence-corrected chi connectivity index (χ0v) is 15.5. The summed E-state index contributed by atoms with van der Waals surface area (Å²) in [6, 6.07) is 16.4. The van der Waals surface area contributed by atoms with E-state index >= 15 is 0 Å². The monoisotopic (exact) mass is 358 g/mol. The number of anilines is 2. The number of amides is 1. The maximum Gasteiger partial charge on any atom is 0.278 e. The Morgan fingerprint density at radius 1 is 1.11 bits per heavy atom. The second kappa shape index (κ2) is 7.19. The van der Waals surface area contributed by atoms with Crippen molar-refractivity contribution in [2.45, 2.75) is 32.9 Å². The first-order valence-corrected chi connectivity index (χ1v) is 9.15. The highest BCUT2D eigenvalue weighted by Crippen LogP contribution is 2.32. The van der Waals surface area contributed by atoms with E-state index in [1.54, 1.807) is 12.4 Å². The molecule has 1 aliphatic rings. The first-order chi connectivity index (χ1) is 13.1. The van der Waals surface area contributed by atoms with Crippen molar-refractivity contribution in [2.24, 2.45) is 0 Å². The van der Waals surface area contributed by atoms with Gasteiger partial charge in [0.25, 0.3) is 5.91 Å². The van der Waals surface area contributed by atoms with E-state index in [1.165, 1.54) is 16.7 Å². The number of carbonyl (C=O) groups is 1. The van der Waals surface area contributed by atoms with Crippen LogP contribution in [-0.2, 0) is 13.0 Å². The Balaban J connectivity index is 1.48. The molecule has 0 bridgehead atoms. The van der Waals surface area contributed by atoms with Crippen molar-refractivity contribution in [3.8, 4) is 0 Å². The molecule has 2 aromatic carbocycles. The summed E-state index contributed by atoms with van der Waals surface area (Å²) in [5.41, 5.74) is 4.97. The van der Waals surface area contributed by atoms with E-state index in [0.717, 1.165) is 12.1 Å². The molecule has 1 aliphatic heterocycles. The van der Waals surface area contributed by atoms with Crippen LogP contribution in [0, 0.1) is 6.92 Å². The van der Waals surface area contributed by atoms with Crippen LogP contribution in [0.5, 0.6) is 0 Å². The standard InChI is InChI=1S/C22H22N4O/c1-15-7-3-4-9-18(15)12-24-21-14-23-19(13-25-21)22(27)26-16(2)11-17-8-5-6-10-20(17)26/h3-10,13-14,16H,11-12H2,1-2H3,(H,24,25). The minimum Gasteiger partial charge on any atom is -0.365 e. The van der Waals surface area contributed by atoms with Gasteiger partial charge in [-0.2, -0.15) is 0 Å². The third-order valence-corrected chi connectivity index (χ3v) is 5.02. The fourth-order valence-corrected chi connectivity index (χ4v) is 3.52. The molecule has 0 radical (unpaired) electrons. The number of carbonyl (C=O) groups excluding carboxylic acids is 1. The number of aromatic nitrogens is 2. The van der Waals surface area contributed by atoms with Gasteiger partial charge in [0.05, 0.1) is 12.4 Å². The topological polar surface area (TPSA) is 58.1 Å². The lowest BCUT2D eigenvalue weighted by molar-refractivity contribution is 0.0976. The van der Waals surface area contributed by atoms with Gasteiger partial charge in [-0.3, -0.25) is 4.79 Å².